The topological polar surface area (TPSA) is 92.4 Å². The van der Waals surface area contributed by atoms with Crippen LogP contribution < -0.4 is 11.1 Å². The fraction of sp³-hybridized carbons (Fsp3) is 0.875. The highest BCUT2D eigenvalue weighted by molar-refractivity contribution is 5.80. The van der Waals surface area contributed by atoms with Crippen LogP contribution in [0.15, 0.2) is 0 Å². The minimum atomic E-state index is -0.803. The monoisotopic (exact) mass is 298 g/mol. The molecule has 1 fully saturated rings. The van der Waals surface area contributed by atoms with E-state index >= 15 is 0 Å². The summed E-state index contributed by atoms with van der Waals surface area (Å²) in [6.07, 6.45) is 5.04. The van der Waals surface area contributed by atoms with E-state index in [1.165, 1.54) is 0 Å². The zero-order valence-electron chi connectivity index (χ0n) is 13.5. The summed E-state index contributed by atoms with van der Waals surface area (Å²) in [6.45, 7) is 6.53. The van der Waals surface area contributed by atoms with Crippen molar-refractivity contribution in [1.82, 2.24) is 5.32 Å². The maximum absolute atomic E-state index is 12.4. The SMILES string of the molecule is CC(C)(C)CC(CN)C(=O)NC1CCCCCC1C(=O)O. The van der Waals surface area contributed by atoms with Crippen LogP contribution in [0.4, 0.5) is 0 Å². The van der Waals surface area contributed by atoms with Crippen LogP contribution in [-0.4, -0.2) is 29.6 Å². The average molecular weight is 298 g/mol. The number of nitrogens with two attached hydrogens (primary N) is 1. The van der Waals surface area contributed by atoms with Gasteiger partial charge in [-0.25, -0.2) is 0 Å². The van der Waals surface area contributed by atoms with E-state index in [2.05, 4.69) is 26.1 Å². The molecule has 5 nitrogen and oxygen atoms in total. The molecular formula is C16H30N2O3. The van der Waals surface area contributed by atoms with E-state index in [1.54, 1.807) is 0 Å². The largest absolute Gasteiger partial charge is 0.481 e. The molecule has 0 aliphatic heterocycles. The number of carboxylic acids is 1. The first-order chi connectivity index (χ1) is 9.74. The molecule has 122 valence electrons. The fourth-order valence-corrected chi connectivity index (χ4v) is 3.10. The van der Waals surface area contributed by atoms with Crippen LogP contribution >= 0.6 is 0 Å². The van der Waals surface area contributed by atoms with Gasteiger partial charge in [0, 0.05) is 12.6 Å². The summed E-state index contributed by atoms with van der Waals surface area (Å²) < 4.78 is 0. The van der Waals surface area contributed by atoms with Gasteiger partial charge in [-0.3, -0.25) is 9.59 Å². The molecule has 0 aromatic heterocycles. The first kappa shape index (κ1) is 18.0. The molecule has 1 aliphatic rings. The third-order valence-corrected chi connectivity index (χ3v) is 4.17. The Labute approximate surface area is 127 Å². The number of aliphatic carboxylic acids is 1. The van der Waals surface area contributed by atoms with E-state index < -0.39 is 11.9 Å². The van der Waals surface area contributed by atoms with E-state index in [0.717, 1.165) is 25.7 Å². The van der Waals surface area contributed by atoms with Crippen molar-refractivity contribution in [3.8, 4) is 0 Å². The lowest BCUT2D eigenvalue weighted by atomic mass is 9.84. The fourth-order valence-electron chi connectivity index (χ4n) is 3.10. The Bertz CT molecular complexity index is 363. The highest BCUT2D eigenvalue weighted by Gasteiger charge is 2.32. The zero-order chi connectivity index (χ0) is 16.0. The molecule has 3 unspecified atom stereocenters. The molecule has 4 N–H and O–H groups in total. The van der Waals surface area contributed by atoms with Gasteiger partial charge in [0.25, 0.3) is 0 Å². The Morgan fingerprint density at radius 3 is 2.38 bits per heavy atom. The maximum Gasteiger partial charge on any atom is 0.308 e. The highest BCUT2D eigenvalue weighted by atomic mass is 16.4. The smallest absolute Gasteiger partial charge is 0.308 e. The predicted octanol–water partition coefficient (Wildman–Crippen LogP) is 2.15. The van der Waals surface area contributed by atoms with Crippen LogP contribution in [0.25, 0.3) is 0 Å². The summed E-state index contributed by atoms with van der Waals surface area (Å²) in [5, 5.41) is 12.3. The Morgan fingerprint density at radius 2 is 1.86 bits per heavy atom. The van der Waals surface area contributed by atoms with Crippen LogP contribution in [0.5, 0.6) is 0 Å². The summed E-state index contributed by atoms with van der Waals surface area (Å²) in [6, 6.07) is -0.258. The summed E-state index contributed by atoms with van der Waals surface area (Å²) in [7, 11) is 0. The minimum absolute atomic E-state index is 0.0248. The summed E-state index contributed by atoms with van der Waals surface area (Å²) in [5.74, 6) is -1.61. The molecule has 0 bridgehead atoms. The number of hydrogen-bond donors (Lipinski definition) is 3. The van der Waals surface area contributed by atoms with Crippen molar-refractivity contribution in [3.05, 3.63) is 0 Å². The molecule has 0 aromatic carbocycles. The van der Waals surface area contributed by atoms with Crippen molar-refractivity contribution in [1.29, 1.82) is 0 Å². The van der Waals surface area contributed by atoms with Crippen molar-refractivity contribution in [3.63, 3.8) is 0 Å². The Balaban J connectivity index is 2.70. The standard InChI is InChI=1S/C16H30N2O3/c1-16(2,3)9-11(10-17)14(19)18-13-8-6-4-5-7-12(13)15(20)21/h11-13H,4-10,17H2,1-3H3,(H,18,19)(H,20,21). The number of carbonyl (C=O) groups is 2. The van der Waals surface area contributed by atoms with Gasteiger partial charge >= 0.3 is 5.97 Å². The first-order valence-electron chi connectivity index (χ1n) is 7.98. The summed E-state index contributed by atoms with van der Waals surface area (Å²) in [4.78, 5) is 23.8. The number of amides is 1. The summed E-state index contributed by atoms with van der Waals surface area (Å²) >= 11 is 0. The minimum Gasteiger partial charge on any atom is -0.481 e. The molecule has 3 atom stereocenters. The average Bonchev–Trinajstić information content (AvgIpc) is 2.60. The van der Waals surface area contributed by atoms with Crippen molar-refractivity contribution in [2.24, 2.45) is 23.0 Å². The molecule has 0 radical (unpaired) electrons. The molecular weight excluding hydrogens is 268 g/mol. The summed E-state index contributed by atoms with van der Waals surface area (Å²) in [5.41, 5.74) is 5.76. The lowest BCUT2D eigenvalue weighted by Gasteiger charge is -2.28. The van der Waals surface area contributed by atoms with Crippen molar-refractivity contribution >= 4 is 11.9 Å². The van der Waals surface area contributed by atoms with Crippen LogP contribution in [0.2, 0.25) is 0 Å². The molecule has 0 spiro atoms. The van der Waals surface area contributed by atoms with E-state index in [9.17, 15) is 14.7 Å². The van der Waals surface area contributed by atoms with E-state index in [-0.39, 0.29) is 23.3 Å². The van der Waals surface area contributed by atoms with Gasteiger partial charge in [-0.15, -0.1) is 0 Å². The lowest BCUT2D eigenvalue weighted by molar-refractivity contribution is -0.143. The van der Waals surface area contributed by atoms with E-state index in [4.69, 9.17) is 5.73 Å². The zero-order valence-corrected chi connectivity index (χ0v) is 13.5. The van der Waals surface area contributed by atoms with Crippen molar-refractivity contribution < 1.29 is 14.7 Å². The van der Waals surface area contributed by atoms with E-state index in [0.29, 0.717) is 19.4 Å². The normalized spacial score (nSPS) is 25.0. The molecule has 0 heterocycles. The van der Waals surface area contributed by atoms with Gasteiger partial charge in [-0.2, -0.15) is 0 Å². The van der Waals surface area contributed by atoms with Gasteiger partial charge < -0.3 is 16.2 Å². The van der Waals surface area contributed by atoms with Gasteiger partial charge in [-0.1, -0.05) is 40.0 Å². The van der Waals surface area contributed by atoms with Crippen LogP contribution in [0, 0.1) is 17.3 Å². The molecule has 1 amide bonds. The Hall–Kier alpha value is -1.10. The van der Waals surface area contributed by atoms with Gasteiger partial charge in [0.15, 0.2) is 0 Å². The number of nitrogens with one attached hydrogen (secondary N) is 1. The quantitative estimate of drug-likeness (QED) is 0.678. The van der Waals surface area contributed by atoms with Gasteiger partial charge in [0.1, 0.15) is 0 Å². The molecule has 1 rings (SSSR count). The number of carboxylic acid groups (broad SMARTS) is 1. The van der Waals surface area contributed by atoms with Gasteiger partial charge in [0.2, 0.25) is 5.91 Å². The second-order valence-electron chi connectivity index (χ2n) is 7.40. The maximum atomic E-state index is 12.4. The first-order valence-corrected chi connectivity index (χ1v) is 7.98. The molecule has 0 saturated heterocycles. The highest BCUT2D eigenvalue weighted by Crippen LogP contribution is 2.26. The molecule has 1 aliphatic carbocycles. The lowest BCUT2D eigenvalue weighted by Crippen LogP contribution is -2.47. The third kappa shape index (κ3) is 6.04. The van der Waals surface area contributed by atoms with Gasteiger partial charge in [-0.05, 0) is 24.7 Å². The van der Waals surface area contributed by atoms with Gasteiger partial charge in [0.05, 0.1) is 11.8 Å². The Morgan fingerprint density at radius 1 is 1.24 bits per heavy atom. The molecule has 5 heteroatoms. The second kappa shape index (κ2) is 7.78. The van der Waals surface area contributed by atoms with Crippen molar-refractivity contribution in [2.45, 2.75) is 65.3 Å². The van der Waals surface area contributed by atoms with Crippen LogP contribution in [0.3, 0.4) is 0 Å². The number of carbonyl (C=O) groups excluding carboxylic acids is 1. The molecule has 0 aromatic rings. The number of rotatable bonds is 5. The van der Waals surface area contributed by atoms with Crippen LogP contribution in [-0.2, 0) is 9.59 Å². The van der Waals surface area contributed by atoms with E-state index in [1.807, 2.05) is 0 Å². The molecule has 1 saturated carbocycles. The third-order valence-electron chi connectivity index (χ3n) is 4.17. The molecule has 21 heavy (non-hydrogen) atoms. The van der Waals surface area contributed by atoms with Crippen molar-refractivity contribution in [2.75, 3.05) is 6.54 Å². The predicted molar refractivity (Wildman–Crippen MR) is 82.8 cm³/mol. The van der Waals surface area contributed by atoms with Crippen LogP contribution in [0.1, 0.15) is 59.3 Å². The second-order valence-corrected chi connectivity index (χ2v) is 7.40. The number of hydrogen-bond acceptors (Lipinski definition) is 3. The Kier molecular flexibility index (Phi) is 6.65.